The lowest BCUT2D eigenvalue weighted by Crippen LogP contribution is -2.24. The smallest absolute Gasteiger partial charge is 0.342 e. The molecule has 0 aliphatic rings. The SMILES string of the molecule is CCN(CC)c1nocc1C(=O)O. The van der Waals surface area contributed by atoms with Crippen LogP contribution in [0.5, 0.6) is 0 Å². The van der Waals surface area contributed by atoms with Gasteiger partial charge in [0.2, 0.25) is 0 Å². The molecule has 5 nitrogen and oxygen atoms in total. The van der Waals surface area contributed by atoms with Crippen LogP contribution in [0.1, 0.15) is 24.2 Å². The Kier molecular flexibility index (Phi) is 2.89. The van der Waals surface area contributed by atoms with Crippen molar-refractivity contribution in [1.29, 1.82) is 0 Å². The highest BCUT2D eigenvalue weighted by molar-refractivity contribution is 5.92. The number of aromatic carboxylic acids is 1. The molecule has 0 unspecified atom stereocenters. The summed E-state index contributed by atoms with van der Waals surface area (Å²) in [6.07, 6.45) is 1.15. The minimum Gasteiger partial charge on any atom is -0.477 e. The van der Waals surface area contributed by atoms with E-state index in [4.69, 9.17) is 5.11 Å². The molecule has 1 aromatic heterocycles. The lowest BCUT2D eigenvalue weighted by atomic mass is 10.3. The number of carbonyl (C=O) groups is 1. The zero-order chi connectivity index (χ0) is 9.84. The molecule has 1 rings (SSSR count). The van der Waals surface area contributed by atoms with E-state index in [1.807, 2.05) is 18.7 Å². The van der Waals surface area contributed by atoms with Gasteiger partial charge in [0.1, 0.15) is 11.8 Å². The first-order valence-corrected chi connectivity index (χ1v) is 4.13. The Bertz CT molecular complexity index is 291. The van der Waals surface area contributed by atoms with Gasteiger partial charge in [0.15, 0.2) is 5.82 Å². The average Bonchev–Trinajstić information content (AvgIpc) is 2.55. The summed E-state index contributed by atoms with van der Waals surface area (Å²) < 4.78 is 4.62. The Morgan fingerprint density at radius 1 is 1.62 bits per heavy atom. The summed E-state index contributed by atoms with van der Waals surface area (Å²) in [6, 6.07) is 0. The Hall–Kier alpha value is -1.52. The maximum atomic E-state index is 10.7. The molecular formula is C8H12N2O3. The molecule has 0 aliphatic carbocycles. The Morgan fingerprint density at radius 2 is 2.23 bits per heavy atom. The minimum atomic E-state index is -1.01. The van der Waals surface area contributed by atoms with Crippen molar-refractivity contribution in [3.63, 3.8) is 0 Å². The first-order valence-electron chi connectivity index (χ1n) is 4.13. The lowest BCUT2D eigenvalue weighted by Gasteiger charge is -2.17. The van der Waals surface area contributed by atoms with Crippen LogP contribution in [-0.2, 0) is 0 Å². The van der Waals surface area contributed by atoms with E-state index >= 15 is 0 Å². The molecule has 13 heavy (non-hydrogen) atoms. The third kappa shape index (κ3) is 1.80. The minimum absolute atomic E-state index is 0.115. The highest BCUT2D eigenvalue weighted by atomic mass is 16.5. The second-order valence-corrected chi connectivity index (χ2v) is 2.53. The Labute approximate surface area is 75.9 Å². The molecule has 5 heteroatoms. The third-order valence-electron chi connectivity index (χ3n) is 1.84. The van der Waals surface area contributed by atoms with Gasteiger partial charge in [0, 0.05) is 13.1 Å². The van der Waals surface area contributed by atoms with Gasteiger partial charge in [-0.1, -0.05) is 5.16 Å². The predicted molar refractivity (Wildman–Crippen MR) is 47.0 cm³/mol. The summed E-state index contributed by atoms with van der Waals surface area (Å²) >= 11 is 0. The topological polar surface area (TPSA) is 66.6 Å². The van der Waals surface area contributed by atoms with Gasteiger partial charge in [-0.25, -0.2) is 4.79 Å². The number of nitrogens with zero attached hydrogens (tertiary/aromatic N) is 2. The van der Waals surface area contributed by atoms with Crippen LogP contribution in [-0.4, -0.2) is 29.3 Å². The molecule has 0 amide bonds. The molecule has 1 heterocycles. The quantitative estimate of drug-likeness (QED) is 0.762. The number of rotatable bonds is 4. The van der Waals surface area contributed by atoms with Gasteiger partial charge in [-0.05, 0) is 13.8 Å². The van der Waals surface area contributed by atoms with E-state index in [0.717, 1.165) is 6.26 Å². The number of carboxylic acid groups (broad SMARTS) is 1. The number of carboxylic acids is 1. The zero-order valence-corrected chi connectivity index (χ0v) is 7.65. The van der Waals surface area contributed by atoms with Crippen LogP contribution in [0.3, 0.4) is 0 Å². The van der Waals surface area contributed by atoms with Crippen LogP contribution in [0.4, 0.5) is 5.82 Å². The molecule has 0 bridgehead atoms. The fourth-order valence-corrected chi connectivity index (χ4v) is 1.13. The highest BCUT2D eigenvalue weighted by Gasteiger charge is 2.18. The van der Waals surface area contributed by atoms with Crippen LogP contribution in [0, 0.1) is 0 Å². The predicted octanol–water partition coefficient (Wildman–Crippen LogP) is 1.22. The number of hydrogen-bond donors (Lipinski definition) is 1. The summed E-state index contributed by atoms with van der Waals surface area (Å²) in [5.41, 5.74) is 0.115. The first-order chi connectivity index (χ1) is 6.20. The molecule has 0 saturated heterocycles. The molecular weight excluding hydrogens is 172 g/mol. The van der Waals surface area contributed by atoms with E-state index in [1.165, 1.54) is 0 Å². The molecule has 0 aliphatic heterocycles. The van der Waals surface area contributed by atoms with Crippen LogP contribution in [0.2, 0.25) is 0 Å². The van der Waals surface area contributed by atoms with Gasteiger partial charge in [-0.2, -0.15) is 0 Å². The molecule has 0 aromatic carbocycles. The average molecular weight is 184 g/mol. The van der Waals surface area contributed by atoms with E-state index in [0.29, 0.717) is 18.9 Å². The first kappa shape index (κ1) is 9.57. The fourth-order valence-electron chi connectivity index (χ4n) is 1.13. The molecule has 72 valence electrons. The number of aromatic nitrogens is 1. The molecule has 0 radical (unpaired) electrons. The van der Waals surface area contributed by atoms with Crippen molar-refractivity contribution in [3.8, 4) is 0 Å². The molecule has 1 N–H and O–H groups in total. The summed E-state index contributed by atoms with van der Waals surface area (Å²) in [4.78, 5) is 12.5. The van der Waals surface area contributed by atoms with Crippen molar-refractivity contribution < 1.29 is 14.4 Å². The van der Waals surface area contributed by atoms with E-state index in [9.17, 15) is 4.79 Å². The van der Waals surface area contributed by atoms with E-state index in [2.05, 4.69) is 9.68 Å². The fraction of sp³-hybridized carbons (Fsp3) is 0.500. The van der Waals surface area contributed by atoms with Gasteiger partial charge in [0.25, 0.3) is 0 Å². The van der Waals surface area contributed by atoms with Crippen molar-refractivity contribution in [2.45, 2.75) is 13.8 Å². The van der Waals surface area contributed by atoms with Gasteiger partial charge in [0.05, 0.1) is 0 Å². The van der Waals surface area contributed by atoms with E-state index < -0.39 is 5.97 Å². The molecule has 0 saturated carbocycles. The Morgan fingerprint density at radius 3 is 2.69 bits per heavy atom. The standard InChI is InChI=1S/C8H12N2O3/c1-3-10(4-2)7-6(8(11)12)5-13-9-7/h5H,3-4H2,1-2H3,(H,11,12). The van der Waals surface area contributed by atoms with Gasteiger partial charge in [-0.3, -0.25) is 0 Å². The van der Waals surface area contributed by atoms with Gasteiger partial charge in [-0.15, -0.1) is 0 Å². The summed E-state index contributed by atoms with van der Waals surface area (Å²) in [5, 5.41) is 12.4. The molecule has 1 aromatic rings. The maximum Gasteiger partial charge on any atom is 0.342 e. The molecule has 0 fully saturated rings. The molecule has 0 spiro atoms. The van der Waals surface area contributed by atoms with Crippen LogP contribution < -0.4 is 4.90 Å². The van der Waals surface area contributed by atoms with Crippen molar-refractivity contribution in [2.75, 3.05) is 18.0 Å². The summed E-state index contributed by atoms with van der Waals surface area (Å²) in [5.74, 6) is -0.611. The van der Waals surface area contributed by atoms with Crippen molar-refractivity contribution in [3.05, 3.63) is 11.8 Å². The van der Waals surface area contributed by atoms with Crippen LogP contribution in [0.25, 0.3) is 0 Å². The van der Waals surface area contributed by atoms with E-state index in [-0.39, 0.29) is 5.56 Å². The van der Waals surface area contributed by atoms with Gasteiger partial charge >= 0.3 is 5.97 Å². The zero-order valence-electron chi connectivity index (χ0n) is 7.65. The van der Waals surface area contributed by atoms with Crippen molar-refractivity contribution >= 4 is 11.8 Å². The van der Waals surface area contributed by atoms with Crippen molar-refractivity contribution in [2.24, 2.45) is 0 Å². The highest BCUT2D eigenvalue weighted by Crippen LogP contribution is 2.17. The lowest BCUT2D eigenvalue weighted by molar-refractivity contribution is 0.0696. The monoisotopic (exact) mass is 184 g/mol. The third-order valence-corrected chi connectivity index (χ3v) is 1.84. The largest absolute Gasteiger partial charge is 0.477 e. The van der Waals surface area contributed by atoms with Crippen LogP contribution >= 0.6 is 0 Å². The van der Waals surface area contributed by atoms with Crippen molar-refractivity contribution in [1.82, 2.24) is 5.16 Å². The molecule has 0 atom stereocenters. The second-order valence-electron chi connectivity index (χ2n) is 2.53. The van der Waals surface area contributed by atoms with E-state index in [1.54, 1.807) is 0 Å². The Balaban J connectivity index is 2.98. The van der Waals surface area contributed by atoms with Crippen LogP contribution in [0.15, 0.2) is 10.8 Å². The number of hydrogen-bond acceptors (Lipinski definition) is 4. The second kappa shape index (κ2) is 3.93. The normalized spacial score (nSPS) is 10.0. The van der Waals surface area contributed by atoms with Gasteiger partial charge < -0.3 is 14.5 Å². The summed E-state index contributed by atoms with van der Waals surface area (Å²) in [6.45, 7) is 5.29. The number of anilines is 1. The maximum absolute atomic E-state index is 10.7. The summed E-state index contributed by atoms with van der Waals surface area (Å²) in [7, 11) is 0.